The van der Waals surface area contributed by atoms with E-state index in [1.54, 1.807) is 6.20 Å². The molecule has 0 bridgehead atoms. The number of imidazole rings is 1. The molecule has 0 amide bonds. The van der Waals surface area contributed by atoms with E-state index < -0.39 is 0 Å². The van der Waals surface area contributed by atoms with E-state index in [1.165, 1.54) is 33.6 Å². The van der Waals surface area contributed by atoms with Gasteiger partial charge in [-0.1, -0.05) is 36.4 Å². The first-order chi connectivity index (χ1) is 15.8. The predicted octanol–water partition coefficient (Wildman–Crippen LogP) is 5.08. The van der Waals surface area contributed by atoms with Gasteiger partial charge in [0.15, 0.2) is 5.65 Å². The molecule has 160 valence electrons. The second-order valence-electron chi connectivity index (χ2n) is 8.82. The standard InChI is InChI=1S/C27H27N5/c1-2-13-31(14-3-1)17-20-6-10-24-22(15-20)8-9-23-16-21(7-11-25(23)30-24)18-32-19-29-27-26(32)5-4-12-28-27/h1-2,4-7,10-12,15-16,19,30H,3,8-9,13-14,17-18H2. The smallest absolute Gasteiger partial charge is 0.177 e. The zero-order chi connectivity index (χ0) is 21.3. The fraction of sp³-hybridized carbons (Fsp3) is 0.259. The third-order valence-electron chi connectivity index (χ3n) is 6.57. The maximum Gasteiger partial charge on any atom is 0.177 e. The molecule has 5 heteroatoms. The van der Waals surface area contributed by atoms with Crippen LogP contribution in [-0.4, -0.2) is 32.5 Å². The predicted molar refractivity (Wildman–Crippen MR) is 129 cm³/mol. The van der Waals surface area contributed by atoms with Crippen LogP contribution in [-0.2, 0) is 25.9 Å². The Morgan fingerprint density at radius 1 is 0.844 bits per heavy atom. The lowest BCUT2D eigenvalue weighted by Gasteiger charge is -2.23. The fourth-order valence-electron chi connectivity index (χ4n) is 4.88. The van der Waals surface area contributed by atoms with Crippen molar-refractivity contribution in [1.29, 1.82) is 0 Å². The number of rotatable bonds is 4. The second-order valence-corrected chi connectivity index (χ2v) is 8.82. The number of hydrogen-bond acceptors (Lipinski definition) is 4. The van der Waals surface area contributed by atoms with E-state index in [4.69, 9.17) is 0 Å². The van der Waals surface area contributed by atoms with Crippen LogP contribution in [0.2, 0.25) is 0 Å². The zero-order valence-electron chi connectivity index (χ0n) is 18.2. The van der Waals surface area contributed by atoms with E-state index >= 15 is 0 Å². The summed E-state index contributed by atoms with van der Waals surface area (Å²) in [6.45, 7) is 4.05. The van der Waals surface area contributed by atoms with Gasteiger partial charge in [0.2, 0.25) is 0 Å². The van der Waals surface area contributed by atoms with Crippen LogP contribution in [0.4, 0.5) is 11.4 Å². The molecule has 6 rings (SSSR count). The van der Waals surface area contributed by atoms with Crippen molar-refractivity contribution < 1.29 is 0 Å². The van der Waals surface area contributed by atoms with Crippen molar-refractivity contribution >= 4 is 22.5 Å². The molecule has 4 heterocycles. The number of fused-ring (bicyclic) bond motifs is 3. The van der Waals surface area contributed by atoms with Crippen molar-refractivity contribution in [2.45, 2.75) is 32.4 Å². The summed E-state index contributed by atoms with van der Waals surface area (Å²) in [5, 5.41) is 3.70. The molecule has 2 aliphatic heterocycles. The molecule has 2 aliphatic rings. The zero-order valence-corrected chi connectivity index (χ0v) is 18.2. The largest absolute Gasteiger partial charge is 0.355 e. The summed E-state index contributed by atoms with van der Waals surface area (Å²) >= 11 is 0. The van der Waals surface area contributed by atoms with Crippen LogP contribution in [0.15, 0.2) is 73.2 Å². The van der Waals surface area contributed by atoms with Crippen molar-refractivity contribution in [3.8, 4) is 0 Å². The lowest BCUT2D eigenvalue weighted by atomic mass is 10.0. The van der Waals surface area contributed by atoms with E-state index in [9.17, 15) is 0 Å². The molecule has 0 fully saturated rings. The van der Waals surface area contributed by atoms with Gasteiger partial charge >= 0.3 is 0 Å². The van der Waals surface area contributed by atoms with Gasteiger partial charge in [0.25, 0.3) is 0 Å². The van der Waals surface area contributed by atoms with Gasteiger partial charge in [-0.25, -0.2) is 9.97 Å². The number of pyridine rings is 1. The molecule has 0 unspecified atom stereocenters. The van der Waals surface area contributed by atoms with Gasteiger partial charge < -0.3 is 9.88 Å². The molecule has 0 saturated heterocycles. The van der Waals surface area contributed by atoms with Gasteiger partial charge in [0.1, 0.15) is 0 Å². The highest BCUT2D eigenvalue weighted by Crippen LogP contribution is 2.32. The highest BCUT2D eigenvalue weighted by molar-refractivity contribution is 5.71. The van der Waals surface area contributed by atoms with Crippen LogP contribution in [0.5, 0.6) is 0 Å². The van der Waals surface area contributed by atoms with E-state index in [2.05, 4.69) is 79.4 Å². The summed E-state index contributed by atoms with van der Waals surface area (Å²) in [5.74, 6) is 0. The molecule has 2 aromatic carbocycles. The molecule has 0 saturated carbocycles. The molecular formula is C27H27N5. The summed E-state index contributed by atoms with van der Waals surface area (Å²) in [4.78, 5) is 11.3. The van der Waals surface area contributed by atoms with Gasteiger partial charge in [-0.05, 0) is 65.8 Å². The van der Waals surface area contributed by atoms with Crippen molar-refractivity contribution in [2.24, 2.45) is 0 Å². The Morgan fingerprint density at radius 3 is 2.38 bits per heavy atom. The number of aromatic nitrogens is 3. The fourth-order valence-corrected chi connectivity index (χ4v) is 4.88. The SMILES string of the molecule is C1=CCN(Cc2ccc3c(c2)CCc2cc(Cn4cnc5ncccc54)ccc2N3)CC1. The normalized spacial score (nSPS) is 15.8. The van der Waals surface area contributed by atoms with Gasteiger partial charge in [0, 0.05) is 43.8 Å². The number of nitrogens with one attached hydrogen (secondary N) is 1. The van der Waals surface area contributed by atoms with Crippen LogP contribution in [0.25, 0.3) is 11.2 Å². The number of anilines is 2. The lowest BCUT2D eigenvalue weighted by molar-refractivity contribution is 0.290. The number of hydrogen-bond donors (Lipinski definition) is 1. The summed E-state index contributed by atoms with van der Waals surface area (Å²) in [6.07, 6.45) is 11.5. The summed E-state index contributed by atoms with van der Waals surface area (Å²) in [7, 11) is 0. The molecule has 1 N–H and O–H groups in total. The number of nitrogens with zero attached hydrogens (tertiary/aromatic N) is 4. The first kappa shape index (κ1) is 19.3. The molecule has 0 aliphatic carbocycles. The van der Waals surface area contributed by atoms with E-state index in [-0.39, 0.29) is 0 Å². The summed E-state index contributed by atoms with van der Waals surface area (Å²) in [5.41, 5.74) is 9.83. The quantitative estimate of drug-likeness (QED) is 0.467. The topological polar surface area (TPSA) is 46.0 Å². The molecule has 0 radical (unpaired) electrons. The van der Waals surface area contributed by atoms with Crippen molar-refractivity contribution in [2.75, 3.05) is 18.4 Å². The Kier molecular flexibility index (Phi) is 4.96. The van der Waals surface area contributed by atoms with E-state index in [0.29, 0.717) is 0 Å². The Hall–Kier alpha value is -3.44. The van der Waals surface area contributed by atoms with Crippen LogP contribution >= 0.6 is 0 Å². The maximum absolute atomic E-state index is 4.43. The van der Waals surface area contributed by atoms with E-state index in [1.807, 2.05) is 12.4 Å². The Bertz CT molecular complexity index is 1300. The minimum atomic E-state index is 0.802. The number of aryl methyl sites for hydroxylation is 2. The highest BCUT2D eigenvalue weighted by Gasteiger charge is 2.15. The molecule has 2 aromatic heterocycles. The monoisotopic (exact) mass is 421 g/mol. The summed E-state index contributed by atoms with van der Waals surface area (Å²) < 4.78 is 2.17. The molecule has 32 heavy (non-hydrogen) atoms. The van der Waals surface area contributed by atoms with Gasteiger partial charge in [0.05, 0.1) is 11.8 Å². The van der Waals surface area contributed by atoms with Crippen LogP contribution in [0.3, 0.4) is 0 Å². The van der Waals surface area contributed by atoms with Crippen molar-refractivity contribution in [3.63, 3.8) is 0 Å². The van der Waals surface area contributed by atoms with Gasteiger partial charge in [-0.15, -0.1) is 0 Å². The Balaban J connectivity index is 1.21. The molecule has 5 nitrogen and oxygen atoms in total. The minimum absolute atomic E-state index is 0.802. The minimum Gasteiger partial charge on any atom is -0.355 e. The maximum atomic E-state index is 4.43. The molecule has 0 atom stereocenters. The third kappa shape index (κ3) is 3.80. The third-order valence-corrected chi connectivity index (χ3v) is 6.57. The lowest BCUT2D eigenvalue weighted by Crippen LogP contribution is -2.26. The van der Waals surface area contributed by atoms with E-state index in [0.717, 1.165) is 56.6 Å². The molecule has 4 aromatic rings. The number of benzene rings is 2. The first-order valence-corrected chi connectivity index (χ1v) is 11.5. The molecular weight excluding hydrogens is 394 g/mol. The average Bonchev–Trinajstić information content (AvgIpc) is 3.14. The summed E-state index contributed by atoms with van der Waals surface area (Å²) in [6, 6.07) is 17.8. The average molecular weight is 422 g/mol. The van der Waals surface area contributed by atoms with Crippen molar-refractivity contribution in [1.82, 2.24) is 19.4 Å². The van der Waals surface area contributed by atoms with Crippen molar-refractivity contribution in [3.05, 3.63) is 95.5 Å². The molecule has 0 spiro atoms. The van der Waals surface area contributed by atoms with Crippen LogP contribution in [0, 0.1) is 0 Å². The Labute approximate surface area is 188 Å². The first-order valence-electron chi connectivity index (χ1n) is 11.5. The highest BCUT2D eigenvalue weighted by atomic mass is 15.1. The second kappa shape index (κ2) is 8.24. The van der Waals surface area contributed by atoms with Gasteiger partial charge in [-0.2, -0.15) is 0 Å². The van der Waals surface area contributed by atoms with Crippen LogP contribution in [0.1, 0.15) is 28.7 Å². The van der Waals surface area contributed by atoms with Gasteiger partial charge in [-0.3, -0.25) is 4.90 Å². The Morgan fingerprint density at radius 2 is 1.62 bits per heavy atom. The van der Waals surface area contributed by atoms with Crippen LogP contribution < -0.4 is 5.32 Å².